The first-order chi connectivity index (χ1) is 8.81. The zero-order valence-electron chi connectivity index (χ0n) is 12.2. The number of aryl methyl sites for hydroxylation is 1. The van der Waals surface area contributed by atoms with Gasteiger partial charge in [0, 0.05) is 12.3 Å². The van der Waals surface area contributed by atoms with Crippen LogP contribution in [0.3, 0.4) is 0 Å². The average Bonchev–Trinajstić information content (AvgIpc) is 2.34. The number of nitrogens with one attached hydrogen (secondary N) is 1. The van der Waals surface area contributed by atoms with Crippen molar-refractivity contribution in [1.82, 2.24) is 5.32 Å². The van der Waals surface area contributed by atoms with Crippen LogP contribution in [0.15, 0.2) is 18.2 Å². The fraction of sp³-hybridized carbons (Fsp3) is 0.571. The molecule has 1 aromatic carbocycles. The van der Waals surface area contributed by atoms with Gasteiger partial charge in [-0.25, -0.2) is 8.42 Å². The minimum Gasteiger partial charge on any atom is -0.497 e. The predicted molar refractivity (Wildman–Crippen MR) is 78.5 cm³/mol. The Labute approximate surface area is 116 Å². The zero-order valence-corrected chi connectivity index (χ0v) is 13.0. The number of rotatable bonds is 6. The molecule has 19 heavy (non-hydrogen) atoms. The van der Waals surface area contributed by atoms with Gasteiger partial charge in [-0.15, -0.1) is 0 Å². The van der Waals surface area contributed by atoms with Crippen molar-refractivity contribution in [2.45, 2.75) is 32.1 Å². The highest BCUT2D eigenvalue weighted by Gasteiger charge is 2.27. The summed E-state index contributed by atoms with van der Waals surface area (Å²) in [5, 5.41) is 2.79. The molecule has 1 N–H and O–H groups in total. The number of sulfone groups is 1. The van der Waals surface area contributed by atoms with E-state index in [1.807, 2.05) is 32.0 Å². The van der Waals surface area contributed by atoms with Crippen molar-refractivity contribution in [2.24, 2.45) is 0 Å². The largest absolute Gasteiger partial charge is 0.497 e. The molecule has 0 aliphatic heterocycles. The van der Waals surface area contributed by atoms with Crippen molar-refractivity contribution in [3.63, 3.8) is 0 Å². The lowest BCUT2D eigenvalue weighted by Crippen LogP contribution is -2.35. The van der Waals surface area contributed by atoms with Crippen LogP contribution in [0.25, 0.3) is 0 Å². The quantitative estimate of drug-likeness (QED) is 0.869. The van der Waals surface area contributed by atoms with Gasteiger partial charge in [-0.05, 0) is 43.7 Å². The Kier molecular flexibility index (Phi) is 5.38. The molecule has 0 aliphatic carbocycles. The fourth-order valence-corrected chi connectivity index (χ4v) is 2.86. The van der Waals surface area contributed by atoms with Crippen LogP contribution >= 0.6 is 0 Å². The van der Waals surface area contributed by atoms with Gasteiger partial charge in [-0.2, -0.15) is 0 Å². The van der Waals surface area contributed by atoms with Crippen LogP contribution in [0, 0.1) is 6.92 Å². The lowest BCUT2D eigenvalue weighted by Gasteiger charge is -2.25. The van der Waals surface area contributed by atoms with E-state index in [0.29, 0.717) is 0 Å². The molecule has 2 atom stereocenters. The Bertz CT molecular complexity index is 525. The molecule has 0 fully saturated rings. The molecule has 0 radical (unpaired) electrons. The SMILES string of the molecule is CCNC(c1ccc(OC)cc1C)C(C)S(C)(=O)=O. The zero-order chi connectivity index (χ0) is 14.6. The van der Waals surface area contributed by atoms with E-state index in [2.05, 4.69) is 5.32 Å². The van der Waals surface area contributed by atoms with Gasteiger partial charge in [0.25, 0.3) is 0 Å². The van der Waals surface area contributed by atoms with Crippen molar-refractivity contribution < 1.29 is 13.2 Å². The summed E-state index contributed by atoms with van der Waals surface area (Å²) in [6, 6.07) is 5.52. The van der Waals surface area contributed by atoms with E-state index in [1.54, 1.807) is 14.0 Å². The fourth-order valence-electron chi connectivity index (χ4n) is 2.12. The van der Waals surface area contributed by atoms with Gasteiger partial charge < -0.3 is 10.1 Å². The molecule has 0 saturated carbocycles. The maximum atomic E-state index is 11.8. The highest BCUT2D eigenvalue weighted by molar-refractivity contribution is 7.91. The third-order valence-electron chi connectivity index (χ3n) is 3.38. The van der Waals surface area contributed by atoms with Gasteiger partial charge in [0.1, 0.15) is 5.75 Å². The molecule has 2 unspecified atom stereocenters. The summed E-state index contributed by atoms with van der Waals surface area (Å²) >= 11 is 0. The second-order valence-electron chi connectivity index (χ2n) is 4.79. The molecule has 0 amide bonds. The molecule has 0 aromatic heterocycles. The van der Waals surface area contributed by atoms with E-state index in [0.717, 1.165) is 23.4 Å². The summed E-state index contributed by atoms with van der Waals surface area (Å²) in [5.41, 5.74) is 2.03. The predicted octanol–water partition coefficient (Wildman–Crippen LogP) is 2.09. The van der Waals surface area contributed by atoms with Gasteiger partial charge >= 0.3 is 0 Å². The first-order valence-electron chi connectivity index (χ1n) is 6.38. The summed E-state index contributed by atoms with van der Waals surface area (Å²) in [7, 11) is -1.48. The van der Waals surface area contributed by atoms with Gasteiger partial charge in [0.05, 0.1) is 12.4 Å². The van der Waals surface area contributed by atoms with Crippen LogP contribution in [0.4, 0.5) is 0 Å². The standard InChI is InChI=1S/C14H23NO3S/c1-6-15-14(11(3)19(5,16)17)13-8-7-12(18-4)9-10(13)2/h7-9,11,14-15H,6H2,1-5H3. The summed E-state index contributed by atoms with van der Waals surface area (Å²) in [4.78, 5) is 0. The molecular formula is C14H23NO3S. The van der Waals surface area contributed by atoms with E-state index in [1.165, 1.54) is 6.26 Å². The highest BCUT2D eigenvalue weighted by atomic mass is 32.2. The minimum atomic E-state index is -3.10. The Hall–Kier alpha value is -1.07. The molecular weight excluding hydrogens is 262 g/mol. The first-order valence-corrected chi connectivity index (χ1v) is 8.33. The first kappa shape index (κ1) is 16.0. The second-order valence-corrected chi connectivity index (χ2v) is 7.20. The lowest BCUT2D eigenvalue weighted by molar-refractivity contribution is 0.413. The molecule has 1 aromatic rings. The van der Waals surface area contributed by atoms with Crippen molar-refractivity contribution in [1.29, 1.82) is 0 Å². The lowest BCUT2D eigenvalue weighted by atomic mass is 9.98. The summed E-state index contributed by atoms with van der Waals surface area (Å²) in [6.07, 6.45) is 1.28. The summed E-state index contributed by atoms with van der Waals surface area (Å²) < 4.78 is 28.8. The highest BCUT2D eigenvalue weighted by Crippen LogP contribution is 2.27. The maximum Gasteiger partial charge on any atom is 0.151 e. The third kappa shape index (κ3) is 3.94. The number of ether oxygens (including phenoxy) is 1. The van der Waals surface area contributed by atoms with Gasteiger partial charge in [-0.1, -0.05) is 13.0 Å². The second kappa shape index (κ2) is 6.39. The van der Waals surface area contributed by atoms with Crippen LogP contribution in [-0.4, -0.2) is 33.6 Å². The Morgan fingerprint density at radius 2 is 2.00 bits per heavy atom. The van der Waals surface area contributed by atoms with E-state index < -0.39 is 15.1 Å². The molecule has 5 heteroatoms. The smallest absolute Gasteiger partial charge is 0.151 e. The number of hydrogen-bond donors (Lipinski definition) is 1. The van der Waals surface area contributed by atoms with E-state index in [4.69, 9.17) is 4.74 Å². The molecule has 0 saturated heterocycles. The maximum absolute atomic E-state index is 11.8. The number of hydrogen-bond acceptors (Lipinski definition) is 4. The average molecular weight is 285 g/mol. The number of methoxy groups -OCH3 is 1. The Morgan fingerprint density at radius 3 is 2.42 bits per heavy atom. The molecule has 0 bridgehead atoms. The van der Waals surface area contributed by atoms with Crippen LogP contribution in [-0.2, 0) is 9.84 Å². The topological polar surface area (TPSA) is 55.4 Å². The number of benzene rings is 1. The van der Waals surface area contributed by atoms with Crippen molar-refractivity contribution in [3.05, 3.63) is 29.3 Å². The van der Waals surface area contributed by atoms with Gasteiger partial charge in [-0.3, -0.25) is 0 Å². The molecule has 1 rings (SSSR count). The van der Waals surface area contributed by atoms with Crippen molar-refractivity contribution in [2.75, 3.05) is 19.9 Å². The van der Waals surface area contributed by atoms with E-state index >= 15 is 0 Å². The summed E-state index contributed by atoms with van der Waals surface area (Å²) in [6.45, 7) is 6.40. The molecule has 4 nitrogen and oxygen atoms in total. The van der Waals surface area contributed by atoms with Crippen LogP contribution in [0.5, 0.6) is 5.75 Å². The van der Waals surface area contributed by atoms with E-state index in [-0.39, 0.29) is 6.04 Å². The summed E-state index contributed by atoms with van der Waals surface area (Å²) in [5.74, 6) is 0.781. The third-order valence-corrected chi connectivity index (χ3v) is 5.00. The van der Waals surface area contributed by atoms with Crippen molar-refractivity contribution in [3.8, 4) is 5.75 Å². The van der Waals surface area contributed by atoms with Crippen molar-refractivity contribution >= 4 is 9.84 Å². The van der Waals surface area contributed by atoms with Gasteiger partial charge in [0.15, 0.2) is 9.84 Å². The van der Waals surface area contributed by atoms with Gasteiger partial charge in [0.2, 0.25) is 0 Å². The Morgan fingerprint density at radius 1 is 1.37 bits per heavy atom. The van der Waals surface area contributed by atoms with Crippen LogP contribution < -0.4 is 10.1 Å². The Balaban J connectivity index is 3.19. The molecule has 108 valence electrons. The molecule has 0 spiro atoms. The van der Waals surface area contributed by atoms with Crippen LogP contribution in [0.2, 0.25) is 0 Å². The molecule has 0 aliphatic rings. The minimum absolute atomic E-state index is 0.203. The van der Waals surface area contributed by atoms with E-state index in [9.17, 15) is 8.42 Å². The molecule has 0 heterocycles. The normalized spacial score (nSPS) is 15.0. The van der Waals surface area contributed by atoms with Crippen LogP contribution in [0.1, 0.15) is 31.0 Å². The monoisotopic (exact) mass is 285 g/mol.